The van der Waals surface area contributed by atoms with E-state index in [0.717, 1.165) is 83.3 Å². The Morgan fingerprint density at radius 3 is 2.24 bits per heavy atom. The lowest BCUT2D eigenvalue weighted by atomic mass is 9.96. The number of likely N-dealkylation sites (tertiary alicyclic amines) is 2. The van der Waals surface area contributed by atoms with E-state index in [4.69, 9.17) is 4.98 Å². The summed E-state index contributed by atoms with van der Waals surface area (Å²) < 4.78 is 0. The molecule has 0 saturated carbocycles. The Balaban J connectivity index is 0.999. The molecule has 4 heterocycles. The zero-order valence-corrected chi connectivity index (χ0v) is 29.5. The maximum atomic E-state index is 13.5. The molecular formula is C41H47N7O2. The van der Waals surface area contributed by atoms with Crippen LogP contribution in [0.2, 0.25) is 0 Å². The van der Waals surface area contributed by atoms with Crippen LogP contribution in [0.1, 0.15) is 76.7 Å². The first kappa shape index (κ1) is 33.4. The van der Waals surface area contributed by atoms with Gasteiger partial charge in [0.2, 0.25) is 17.8 Å². The van der Waals surface area contributed by atoms with Crippen LogP contribution < -0.4 is 5.32 Å². The van der Waals surface area contributed by atoms with Crippen molar-refractivity contribution in [2.45, 2.75) is 71.4 Å². The minimum absolute atomic E-state index is 0.0265. The van der Waals surface area contributed by atoms with Gasteiger partial charge in [0.1, 0.15) is 5.82 Å². The Hall–Kier alpha value is -5.05. The van der Waals surface area contributed by atoms with Crippen molar-refractivity contribution in [2.75, 3.05) is 25.0 Å². The van der Waals surface area contributed by atoms with Gasteiger partial charge in [-0.1, -0.05) is 75.4 Å². The standard InChI is InChI=1S/C41H47N7O2/c1-26(2)27(3)39(49)47-18-8-12-35(47)24-45-41-43-22-34(23-44-41)32-15-14-31-21-33(17-16-30(31)20-32)36-25-42-38(46-36)37-13-9-19-48(37)40(50)28(4)29-10-6-5-7-11-29/h5-7,10-11,14-17,20-23,25-28,35,37H,8-9,12-13,18-19,24H2,1-4H3,(H,42,46)(H,43,44,45)/t27-,28+,35-,37-/m0/s1. The number of nitrogens with one attached hydrogen (secondary N) is 2. The lowest BCUT2D eigenvalue weighted by Gasteiger charge is -2.29. The Morgan fingerprint density at radius 1 is 0.820 bits per heavy atom. The van der Waals surface area contributed by atoms with E-state index in [9.17, 15) is 9.59 Å². The number of fused-ring (bicyclic) bond motifs is 1. The zero-order valence-electron chi connectivity index (χ0n) is 29.5. The molecule has 7 rings (SSSR count). The number of carbonyl (C=O) groups is 2. The maximum Gasteiger partial charge on any atom is 0.230 e. The Bertz CT molecular complexity index is 1960. The van der Waals surface area contributed by atoms with Crippen molar-refractivity contribution < 1.29 is 9.59 Å². The number of hydrogen-bond donors (Lipinski definition) is 2. The number of amides is 2. The number of benzene rings is 3. The average Bonchev–Trinajstić information content (AvgIpc) is 3.94. The monoisotopic (exact) mass is 669 g/mol. The molecule has 9 heteroatoms. The number of nitrogens with zero attached hydrogens (tertiary/aromatic N) is 5. The number of hydrogen-bond acceptors (Lipinski definition) is 6. The molecule has 2 aliphatic heterocycles. The fraction of sp³-hybridized carbons (Fsp3) is 0.390. The molecule has 0 aliphatic carbocycles. The van der Waals surface area contributed by atoms with Crippen LogP contribution in [0.25, 0.3) is 33.2 Å². The molecule has 4 atom stereocenters. The molecule has 2 fully saturated rings. The van der Waals surface area contributed by atoms with Gasteiger partial charge in [-0.05, 0) is 72.6 Å². The highest BCUT2D eigenvalue weighted by molar-refractivity contribution is 5.90. The molecule has 0 bridgehead atoms. The van der Waals surface area contributed by atoms with Crippen LogP contribution in [0.3, 0.4) is 0 Å². The third-order valence-electron chi connectivity index (χ3n) is 10.8. The number of aromatic amines is 1. The second kappa shape index (κ2) is 14.4. The highest BCUT2D eigenvalue weighted by Gasteiger charge is 2.35. The third kappa shape index (κ3) is 6.86. The van der Waals surface area contributed by atoms with Crippen molar-refractivity contribution in [1.29, 1.82) is 0 Å². The molecule has 0 unspecified atom stereocenters. The summed E-state index contributed by atoms with van der Waals surface area (Å²) in [5.74, 6) is 1.97. The van der Waals surface area contributed by atoms with Gasteiger partial charge in [-0.15, -0.1) is 0 Å². The van der Waals surface area contributed by atoms with E-state index >= 15 is 0 Å². The quantitative estimate of drug-likeness (QED) is 0.157. The summed E-state index contributed by atoms with van der Waals surface area (Å²) in [4.78, 5) is 48.1. The van der Waals surface area contributed by atoms with Crippen LogP contribution in [0.5, 0.6) is 0 Å². The summed E-state index contributed by atoms with van der Waals surface area (Å²) in [7, 11) is 0. The van der Waals surface area contributed by atoms with Crippen molar-refractivity contribution in [1.82, 2.24) is 29.7 Å². The number of imidazole rings is 1. The highest BCUT2D eigenvalue weighted by Crippen LogP contribution is 2.35. The first-order chi connectivity index (χ1) is 24.3. The summed E-state index contributed by atoms with van der Waals surface area (Å²) in [5, 5.41) is 5.60. The Morgan fingerprint density at radius 2 is 1.50 bits per heavy atom. The van der Waals surface area contributed by atoms with Crippen molar-refractivity contribution in [3.63, 3.8) is 0 Å². The minimum Gasteiger partial charge on any atom is -0.352 e. The van der Waals surface area contributed by atoms with E-state index in [-0.39, 0.29) is 35.7 Å². The fourth-order valence-corrected chi connectivity index (χ4v) is 7.35. The average molecular weight is 670 g/mol. The number of carbonyl (C=O) groups excluding carboxylic acids is 2. The molecule has 3 aromatic carbocycles. The first-order valence-corrected chi connectivity index (χ1v) is 18.1. The predicted octanol–water partition coefficient (Wildman–Crippen LogP) is 7.85. The Labute approximate surface area is 294 Å². The molecule has 2 aromatic heterocycles. The van der Waals surface area contributed by atoms with Crippen LogP contribution in [0.4, 0.5) is 5.95 Å². The lowest BCUT2D eigenvalue weighted by Crippen LogP contribution is -2.43. The second-order valence-corrected chi connectivity index (χ2v) is 14.3. The van der Waals surface area contributed by atoms with Crippen LogP contribution in [-0.4, -0.2) is 67.2 Å². The van der Waals surface area contributed by atoms with Crippen molar-refractivity contribution in [2.24, 2.45) is 11.8 Å². The molecule has 0 radical (unpaired) electrons. The molecule has 9 nitrogen and oxygen atoms in total. The molecule has 2 amide bonds. The van der Waals surface area contributed by atoms with Gasteiger partial charge in [0, 0.05) is 61.3 Å². The van der Waals surface area contributed by atoms with Gasteiger partial charge >= 0.3 is 0 Å². The van der Waals surface area contributed by atoms with Gasteiger partial charge in [-0.2, -0.15) is 0 Å². The van der Waals surface area contributed by atoms with Crippen molar-refractivity contribution >= 4 is 28.5 Å². The molecule has 2 N–H and O–H groups in total. The van der Waals surface area contributed by atoms with Gasteiger partial charge in [0.15, 0.2) is 0 Å². The molecule has 0 spiro atoms. The van der Waals surface area contributed by atoms with Gasteiger partial charge in [-0.3, -0.25) is 9.59 Å². The van der Waals surface area contributed by atoms with Gasteiger partial charge < -0.3 is 20.1 Å². The molecule has 258 valence electrons. The van der Waals surface area contributed by atoms with Crippen molar-refractivity contribution in [3.05, 3.63) is 96.7 Å². The van der Waals surface area contributed by atoms with Gasteiger partial charge in [0.25, 0.3) is 0 Å². The SMILES string of the molecule is CC(C)[C@H](C)C(=O)N1CCC[C@H]1CNc1ncc(-c2ccc3cc(-c4c[nH]c([C@@H]5CCCN5C(=O)[C@H](C)c5ccccc5)n4)ccc3c2)cn1. The highest BCUT2D eigenvalue weighted by atomic mass is 16.2. The predicted molar refractivity (Wildman–Crippen MR) is 198 cm³/mol. The fourth-order valence-electron chi connectivity index (χ4n) is 7.35. The molecule has 50 heavy (non-hydrogen) atoms. The van der Waals surface area contributed by atoms with Gasteiger partial charge in [0.05, 0.1) is 17.7 Å². The second-order valence-electron chi connectivity index (χ2n) is 14.3. The van der Waals surface area contributed by atoms with E-state index in [0.29, 0.717) is 18.4 Å². The molecule has 2 aliphatic rings. The van der Waals surface area contributed by atoms with Crippen LogP contribution in [0, 0.1) is 11.8 Å². The lowest BCUT2D eigenvalue weighted by molar-refractivity contribution is -0.137. The number of anilines is 1. The summed E-state index contributed by atoms with van der Waals surface area (Å²) >= 11 is 0. The smallest absolute Gasteiger partial charge is 0.230 e. The molecule has 5 aromatic rings. The van der Waals surface area contributed by atoms with E-state index in [1.165, 1.54) is 0 Å². The van der Waals surface area contributed by atoms with Gasteiger partial charge in [-0.25, -0.2) is 15.0 Å². The van der Waals surface area contributed by atoms with Crippen LogP contribution in [-0.2, 0) is 9.59 Å². The zero-order chi connectivity index (χ0) is 34.8. The van der Waals surface area contributed by atoms with Crippen LogP contribution >= 0.6 is 0 Å². The summed E-state index contributed by atoms with van der Waals surface area (Å²) in [6.45, 7) is 10.5. The summed E-state index contributed by atoms with van der Waals surface area (Å²) in [6, 6.07) is 22.9. The molecule has 2 saturated heterocycles. The molecular weight excluding hydrogens is 622 g/mol. The third-order valence-corrected chi connectivity index (χ3v) is 10.8. The van der Waals surface area contributed by atoms with E-state index < -0.39 is 0 Å². The first-order valence-electron chi connectivity index (χ1n) is 18.1. The topological polar surface area (TPSA) is 107 Å². The minimum atomic E-state index is -0.192. The van der Waals surface area contributed by atoms with E-state index in [1.54, 1.807) is 0 Å². The number of rotatable bonds is 10. The summed E-state index contributed by atoms with van der Waals surface area (Å²) in [6.07, 6.45) is 9.56. The number of H-pyrrole nitrogens is 1. The maximum absolute atomic E-state index is 13.5. The van der Waals surface area contributed by atoms with E-state index in [2.05, 4.69) is 70.5 Å². The Kier molecular flexibility index (Phi) is 9.65. The van der Waals surface area contributed by atoms with E-state index in [1.807, 2.05) is 72.6 Å². The van der Waals surface area contributed by atoms with Crippen molar-refractivity contribution in [3.8, 4) is 22.4 Å². The van der Waals surface area contributed by atoms with Crippen LogP contribution in [0.15, 0.2) is 85.3 Å². The largest absolute Gasteiger partial charge is 0.352 e. The normalized spacial score (nSPS) is 18.9. The number of aromatic nitrogens is 4. The summed E-state index contributed by atoms with van der Waals surface area (Å²) in [5.41, 5.74) is 4.93.